The van der Waals surface area contributed by atoms with Crippen LogP contribution in [0, 0.1) is 0 Å². The second kappa shape index (κ2) is 8.72. The molecule has 6 heteroatoms. The molecule has 3 aliphatic heterocycles. The van der Waals surface area contributed by atoms with Gasteiger partial charge in [-0.2, -0.15) is 0 Å². The van der Waals surface area contributed by atoms with Crippen LogP contribution in [0.25, 0.3) is 0 Å². The van der Waals surface area contributed by atoms with Gasteiger partial charge in [0.15, 0.2) is 0 Å². The van der Waals surface area contributed by atoms with Crippen molar-refractivity contribution in [2.24, 2.45) is 0 Å². The molecule has 0 spiro atoms. The lowest BCUT2D eigenvalue weighted by atomic mass is 10.0. The summed E-state index contributed by atoms with van der Waals surface area (Å²) in [6.45, 7) is 3.92. The molecule has 1 aromatic carbocycles. The van der Waals surface area contributed by atoms with E-state index in [1.807, 2.05) is 12.1 Å². The number of fused-ring (bicyclic) bond motifs is 1. The first-order valence-corrected chi connectivity index (χ1v) is 12.7. The molecule has 0 bridgehead atoms. The average molecular weight is 406 g/mol. The van der Waals surface area contributed by atoms with E-state index in [-0.39, 0.29) is 5.75 Å². The van der Waals surface area contributed by atoms with E-state index in [2.05, 4.69) is 21.9 Å². The predicted molar refractivity (Wildman–Crippen MR) is 115 cm³/mol. The average Bonchev–Trinajstić information content (AvgIpc) is 3.17. The van der Waals surface area contributed by atoms with Crippen LogP contribution in [0.2, 0.25) is 0 Å². The Bertz CT molecular complexity index is 744. The third kappa shape index (κ3) is 4.39. The molecule has 0 aliphatic carbocycles. The number of benzene rings is 1. The standard InChI is InChI=1S/C22H35N3O2S/c1-23(28(26,27)18-17-24-14-4-2-5-15-24)20-10-8-19(9-11-20)22-13-12-21-7-3-6-16-25(21)22/h8-11,21-22H,2-7,12-18H2,1H3. The normalized spacial score (nSPS) is 26.9. The van der Waals surface area contributed by atoms with Crippen molar-refractivity contribution in [2.75, 3.05) is 43.3 Å². The summed E-state index contributed by atoms with van der Waals surface area (Å²) in [4.78, 5) is 4.96. The topological polar surface area (TPSA) is 43.9 Å². The number of hydrogen-bond acceptors (Lipinski definition) is 4. The van der Waals surface area contributed by atoms with Crippen molar-refractivity contribution in [1.82, 2.24) is 9.80 Å². The van der Waals surface area contributed by atoms with Gasteiger partial charge in [-0.25, -0.2) is 8.42 Å². The van der Waals surface area contributed by atoms with Crippen LogP contribution in [0.1, 0.15) is 63.0 Å². The molecule has 0 radical (unpaired) electrons. The highest BCUT2D eigenvalue weighted by molar-refractivity contribution is 7.92. The summed E-state index contributed by atoms with van der Waals surface area (Å²) in [7, 11) is -1.59. The van der Waals surface area contributed by atoms with Gasteiger partial charge in [-0.3, -0.25) is 9.21 Å². The lowest BCUT2D eigenvalue weighted by Gasteiger charge is -2.34. The first-order valence-electron chi connectivity index (χ1n) is 11.1. The summed E-state index contributed by atoms with van der Waals surface area (Å²) >= 11 is 0. The zero-order chi connectivity index (χ0) is 19.6. The number of hydrogen-bond donors (Lipinski definition) is 0. The Balaban J connectivity index is 1.38. The molecule has 3 saturated heterocycles. The van der Waals surface area contributed by atoms with Crippen LogP contribution >= 0.6 is 0 Å². The first-order chi connectivity index (χ1) is 13.5. The fourth-order valence-corrected chi connectivity index (χ4v) is 6.45. The summed E-state index contributed by atoms with van der Waals surface area (Å²) in [5, 5.41) is 0. The maximum absolute atomic E-state index is 12.8. The van der Waals surface area contributed by atoms with Gasteiger partial charge < -0.3 is 4.90 Å². The third-order valence-corrected chi connectivity index (χ3v) is 8.76. The lowest BCUT2D eigenvalue weighted by molar-refractivity contribution is 0.150. The Morgan fingerprint density at radius 1 is 0.929 bits per heavy atom. The molecule has 0 saturated carbocycles. The Labute approximate surface area is 170 Å². The van der Waals surface area contributed by atoms with E-state index in [1.165, 1.54) is 67.8 Å². The molecule has 1 aromatic rings. The number of anilines is 1. The fourth-order valence-electron chi connectivity index (χ4n) is 5.25. The number of rotatable bonds is 6. The number of likely N-dealkylation sites (tertiary alicyclic amines) is 1. The molecule has 2 atom stereocenters. The SMILES string of the molecule is CN(c1ccc(C2CCC3CCCCN32)cc1)S(=O)(=O)CCN1CCCCC1. The summed E-state index contributed by atoms with van der Waals surface area (Å²) < 4.78 is 27.1. The summed E-state index contributed by atoms with van der Waals surface area (Å²) in [5.41, 5.74) is 2.11. The minimum atomic E-state index is -3.28. The number of piperidine rings is 2. The molecule has 28 heavy (non-hydrogen) atoms. The van der Waals surface area contributed by atoms with Gasteiger partial charge in [-0.15, -0.1) is 0 Å². The molecular weight excluding hydrogens is 370 g/mol. The van der Waals surface area contributed by atoms with Crippen molar-refractivity contribution < 1.29 is 8.42 Å². The van der Waals surface area contributed by atoms with E-state index in [9.17, 15) is 8.42 Å². The van der Waals surface area contributed by atoms with Gasteiger partial charge in [0.2, 0.25) is 10.0 Å². The van der Waals surface area contributed by atoms with Crippen LogP contribution in [0.15, 0.2) is 24.3 Å². The number of sulfonamides is 1. The molecule has 3 heterocycles. The highest BCUT2D eigenvalue weighted by Crippen LogP contribution is 2.40. The van der Waals surface area contributed by atoms with Gasteiger partial charge in [-0.05, 0) is 75.9 Å². The molecule has 0 amide bonds. The van der Waals surface area contributed by atoms with Gasteiger partial charge in [-0.1, -0.05) is 25.0 Å². The van der Waals surface area contributed by atoms with Gasteiger partial charge in [0.25, 0.3) is 0 Å². The summed E-state index contributed by atoms with van der Waals surface area (Å²) in [6.07, 6.45) is 10.2. The lowest BCUT2D eigenvalue weighted by Crippen LogP contribution is -2.38. The summed E-state index contributed by atoms with van der Waals surface area (Å²) in [6, 6.07) is 9.55. The van der Waals surface area contributed by atoms with Crippen molar-refractivity contribution in [3.8, 4) is 0 Å². The Kier molecular flexibility index (Phi) is 6.28. The fraction of sp³-hybridized carbons (Fsp3) is 0.727. The Morgan fingerprint density at radius 3 is 2.39 bits per heavy atom. The van der Waals surface area contributed by atoms with Crippen molar-refractivity contribution >= 4 is 15.7 Å². The predicted octanol–water partition coefficient (Wildman–Crippen LogP) is 3.63. The highest BCUT2D eigenvalue weighted by Gasteiger charge is 2.35. The van der Waals surface area contributed by atoms with Crippen LogP contribution < -0.4 is 4.31 Å². The van der Waals surface area contributed by atoms with Gasteiger partial charge >= 0.3 is 0 Å². The molecule has 5 nitrogen and oxygen atoms in total. The molecule has 0 N–H and O–H groups in total. The zero-order valence-electron chi connectivity index (χ0n) is 17.2. The highest BCUT2D eigenvalue weighted by atomic mass is 32.2. The van der Waals surface area contributed by atoms with Crippen LogP contribution in [0.5, 0.6) is 0 Å². The smallest absolute Gasteiger partial charge is 0.236 e. The van der Waals surface area contributed by atoms with E-state index in [1.54, 1.807) is 7.05 Å². The molecule has 3 aliphatic rings. The molecule has 4 rings (SSSR count). The molecule has 0 aromatic heterocycles. The minimum Gasteiger partial charge on any atom is -0.302 e. The van der Waals surface area contributed by atoms with Crippen molar-refractivity contribution in [1.29, 1.82) is 0 Å². The molecular formula is C22H35N3O2S. The Morgan fingerprint density at radius 2 is 1.64 bits per heavy atom. The minimum absolute atomic E-state index is 0.198. The quantitative estimate of drug-likeness (QED) is 0.725. The first kappa shape index (κ1) is 20.2. The van der Waals surface area contributed by atoms with Gasteiger partial charge in [0, 0.05) is 25.7 Å². The van der Waals surface area contributed by atoms with Crippen molar-refractivity contribution in [3.63, 3.8) is 0 Å². The van der Waals surface area contributed by atoms with Gasteiger partial charge in [0.1, 0.15) is 0 Å². The molecule has 3 fully saturated rings. The van der Waals surface area contributed by atoms with Crippen LogP contribution in [0.4, 0.5) is 5.69 Å². The van der Waals surface area contributed by atoms with Gasteiger partial charge in [0.05, 0.1) is 11.4 Å². The van der Waals surface area contributed by atoms with Crippen LogP contribution in [0.3, 0.4) is 0 Å². The zero-order valence-corrected chi connectivity index (χ0v) is 18.0. The Hall–Kier alpha value is -1.11. The van der Waals surface area contributed by atoms with E-state index in [0.717, 1.165) is 24.8 Å². The third-order valence-electron chi connectivity index (χ3n) is 7.02. The van der Waals surface area contributed by atoms with E-state index in [0.29, 0.717) is 12.6 Å². The van der Waals surface area contributed by atoms with Crippen molar-refractivity contribution in [2.45, 2.75) is 63.5 Å². The maximum Gasteiger partial charge on any atom is 0.236 e. The molecule has 2 unspecified atom stereocenters. The second-order valence-corrected chi connectivity index (χ2v) is 10.9. The van der Waals surface area contributed by atoms with Crippen LogP contribution in [-0.4, -0.2) is 63.2 Å². The van der Waals surface area contributed by atoms with E-state index in [4.69, 9.17) is 0 Å². The van der Waals surface area contributed by atoms with Crippen molar-refractivity contribution in [3.05, 3.63) is 29.8 Å². The number of nitrogens with zero attached hydrogens (tertiary/aromatic N) is 3. The maximum atomic E-state index is 12.8. The summed E-state index contributed by atoms with van der Waals surface area (Å²) in [5.74, 6) is 0.198. The molecule has 156 valence electrons. The van der Waals surface area contributed by atoms with Crippen LogP contribution in [-0.2, 0) is 10.0 Å². The monoisotopic (exact) mass is 405 g/mol. The largest absolute Gasteiger partial charge is 0.302 e. The second-order valence-electron chi connectivity index (χ2n) is 8.76. The van der Waals surface area contributed by atoms with E-state index < -0.39 is 10.0 Å². The van der Waals surface area contributed by atoms with E-state index >= 15 is 0 Å².